The van der Waals surface area contributed by atoms with Gasteiger partial charge in [-0.1, -0.05) is 29.3 Å². The van der Waals surface area contributed by atoms with Crippen molar-refractivity contribution in [3.05, 3.63) is 52.0 Å². The predicted octanol–water partition coefficient (Wildman–Crippen LogP) is 3.53. The maximum absolute atomic E-state index is 12.3. The Morgan fingerprint density at radius 2 is 1.81 bits per heavy atom. The molecule has 166 valence electrons. The summed E-state index contributed by atoms with van der Waals surface area (Å²) in [5.74, 6) is 0.732. The number of nitrogens with zero attached hydrogens (tertiary/aromatic N) is 1. The van der Waals surface area contributed by atoms with E-state index in [0.29, 0.717) is 29.4 Å². The van der Waals surface area contributed by atoms with E-state index in [4.69, 9.17) is 14.2 Å². The Kier molecular flexibility index (Phi) is 9.83. The molecule has 0 aliphatic heterocycles. The maximum Gasteiger partial charge on any atom is 0.259 e. The molecule has 2 N–H and O–H groups in total. The summed E-state index contributed by atoms with van der Waals surface area (Å²) in [6.45, 7) is 2.46. The van der Waals surface area contributed by atoms with Crippen molar-refractivity contribution in [2.75, 3.05) is 27.4 Å². The molecule has 31 heavy (non-hydrogen) atoms. The second kappa shape index (κ2) is 12.6. The number of methoxy groups -OCH3 is 2. The summed E-state index contributed by atoms with van der Waals surface area (Å²) in [4.78, 5) is 24.3. The fraction of sp³-hybridized carbons (Fsp3) is 0.318. The van der Waals surface area contributed by atoms with Crippen LogP contribution in [0.1, 0.15) is 35.7 Å². The number of amides is 2. The van der Waals surface area contributed by atoms with Gasteiger partial charge in [-0.05, 0) is 42.8 Å². The van der Waals surface area contributed by atoms with E-state index in [1.807, 2.05) is 18.2 Å². The van der Waals surface area contributed by atoms with Gasteiger partial charge < -0.3 is 19.5 Å². The van der Waals surface area contributed by atoms with E-state index >= 15 is 0 Å². The lowest BCUT2D eigenvalue weighted by Crippen LogP contribution is -2.34. The molecule has 0 aliphatic rings. The van der Waals surface area contributed by atoms with Crippen LogP contribution in [-0.4, -0.2) is 45.4 Å². The average Bonchev–Trinajstić information content (AvgIpc) is 2.78. The molecule has 0 fully saturated rings. The van der Waals surface area contributed by atoms with Crippen LogP contribution in [0.2, 0.25) is 0 Å². The van der Waals surface area contributed by atoms with Gasteiger partial charge in [0.2, 0.25) is 0 Å². The second-order valence-electron chi connectivity index (χ2n) is 6.43. The fourth-order valence-electron chi connectivity index (χ4n) is 2.53. The molecule has 0 atom stereocenters. The Morgan fingerprint density at radius 1 is 1.06 bits per heavy atom. The van der Waals surface area contributed by atoms with Crippen molar-refractivity contribution in [1.82, 2.24) is 10.7 Å². The largest absolute Gasteiger partial charge is 0.493 e. The standard InChI is InChI=1S/C22H26BrN3O5/c1-4-5-10-31-18-9-7-17(23)11-16(18)13-25-26-21(27)14-24-22(28)15-6-8-19(29-2)20(12-15)30-3/h6-9,11-13H,4-5,10,14H2,1-3H3,(H,24,28)(H,26,27). The molecule has 0 aliphatic carbocycles. The number of ether oxygens (including phenoxy) is 3. The lowest BCUT2D eigenvalue weighted by Gasteiger charge is -2.10. The second-order valence-corrected chi connectivity index (χ2v) is 7.35. The topological polar surface area (TPSA) is 98.2 Å². The summed E-state index contributed by atoms with van der Waals surface area (Å²) < 4.78 is 16.9. The first-order valence-electron chi connectivity index (χ1n) is 9.73. The van der Waals surface area contributed by atoms with Crippen LogP contribution in [0.15, 0.2) is 46.0 Å². The van der Waals surface area contributed by atoms with Crippen molar-refractivity contribution in [3.63, 3.8) is 0 Å². The predicted molar refractivity (Wildman–Crippen MR) is 122 cm³/mol. The number of halogens is 1. The number of hydrogen-bond donors (Lipinski definition) is 2. The highest BCUT2D eigenvalue weighted by atomic mass is 79.9. The van der Waals surface area contributed by atoms with Crippen LogP contribution in [0, 0.1) is 0 Å². The summed E-state index contributed by atoms with van der Waals surface area (Å²) in [5.41, 5.74) is 3.46. The molecule has 0 heterocycles. The summed E-state index contributed by atoms with van der Waals surface area (Å²) in [6.07, 6.45) is 3.48. The van der Waals surface area contributed by atoms with Crippen LogP contribution in [0.25, 0.3) is 0 Å². The monoisotopic (exact) mass is 491 g/mol. The zero-order valence-corrected chi connectivity index (χ0v) is 19.3. The van der Waals surface area contributed by atoms with Crippen molar-refractivity contribution < 1.29 is 23.8 Å². The molecule has 0 spiro atoms. The number of carbonyl (C=O) groups is 2. The zero-order chi connectivity index (χ0) is 22.6. The van der Waals surface area contributed by atoms with E-state index in [1.165, 1.54) is 26.5 Å². The molecule has 0 saturated carbocycles. The van der Waals surface area contributed by atoms with Gasteiger partial charge in [0.15, 0.2) is 11.5 Å². The highest BCUT2D eigenvalue weighted by Gasteiger charge is 2.12. The highest BCUT2D eigenvalue weighted by molar-refractivity contribution is 9.10. The average molecular weight is 492 g/mol. The van der Waals surface area contributed by atoms with Gasteiger partial charge in [-0.3, -0.25) is 9.59 Å². The molecule has 2 aromatic carbocycles. The third-order valence-electron chi connectivity index (χ3n) is 4.18. The van der Waals surface area contributed by atoms with E-state index in [-0.39, 0.29) is 6.54 Å². The Morgan fingerprint density at radius 3 is 2.52 bits per heavy atom. The first-order chi connectivity index (χ1) is 15.0. The number of rotatable bonds is 11. The van der Waals surface area contributed by atoms with E-state index in [9.17, 15) is 9.59 Å². The summed E-state index contributed by atoms with van der Waals surface area (Å²) >= 11 is 3.41. The zero-order valence-electron chi connectivity index (χ0n) is 17.7. The molecular formula is C22H26BrN3O5. The molecule has 2 aromatic rings. The molecule has 2 rings (SSSR count). The molecular weight excluding hydrogens is 466 g/mol. The number of carbonyl (C=O) groups excluding carboxylic acids is 2. The summed E-state index contributed by atoms with van der Waals surface area (Å²) in [5, 5.41) is 6.50. The number of hydrogen-bond acceptors (Lipinski definition) is 6. The van der Waals surface area contributed by atoms with E-state index < -0.39 is 11.8 Å². The third-order valence-corrected chi connectivity index (χ3v) is 4.67. The van der Waals surface area contributed by atoms with Gasteiger partial charge in [-0.15, -0.1) is 0 Å². The Balaban J connectivity index is 1.90. The van der Waals surface area contributed by atoms with Crippen molar-refractivity contribution >= 4 is 34.0 Å². The smallest absolute Gasteiger partial charge is 0.259 e. The van der Waals surface area contributed by atoms with Crippen molar-refractivity contribution in [3.8, 4) is 17.2 Å². The molecule has 9 heteroatoms. The molecule has 2 amide bonds. The van der Waals surface area contributed by atoms with Gasteiger partial charge >= 0.3 is 0 Å². The Bertz CT molecular complexity index is 933. The Labute approximate surface area is 190 Å². The van der Waals surface area contributed by atoms with E-state index in [1.54, 1.807) is 12.1 Å². The summed E-state index contributed by atoms with van der Waals surface area (Å²) in [7, 11) is 2.99. The molecule has 0 aromatic heterocycles. The minimum atomic E-state index is -0.464. The molecule has 0 unspecified atom stereocenters. The van der Waals surface area contributed by atoms with Crippen molar-refractivity contribution in [2.24, 2.45) is 5.10 Å². The van der Waals surface area contributed by atoms with Gasteiger partial charge in [0.05, 0.1) is 33.6 Å². The number of hydrazone groups is 1. The number of benzene rings is 2. The van der Waals surface area contributed by atoms with Crippen LogP contribution in [-0.2, 0) is 4.79 Å². The first-order valence-corrected chi connectivity index (χ1v) is 10.5. The third kappa shape index (κ3) is 7.60. The van der Waals surface area contributed by atoms with Crippen LogP contribution in [0.3, 0.4) is 0 Å². The van der Waals surface area contributed by atoms with Crippen LogP contribution >= 0.6 is 15.9 Å². The van der Waals surface area contributed by atoms with E-state index in [2.05, 4.69) is 38.7 Å². The van der Waals surface area contributed by atoms with Crippen LogP contribution in [0.5, 0.6) is 17.2 Å². The number of nitrogens with one attached hydrogen (secondary N) is 2. The lowest BCUT2D eigenvalue weighted by atomic mass is 10.2. The first kappa shape index (κ1) is 24.2. The molecule has 0 bridgehead atoms. The summed E-state index contributed by atoms with van der Waals surface area (Å²) in [6, 6.07) is 10.3. The van der Waals surface area contributed by atoms with Crippen LogP contribution in [0.4, 0.5) is 0 Å². The van der Waals surface area contributed by atoms with Gasteiger partial charge in [0, 0.05) is 15.6 Å². The van der Waals surface area contributed by atoms with Gasteiger partial charge in [-0.25, -0.2) is 5.43 Å². The van der Waals surface area contributed by atoms with Crippen molar-refractivity contribution in [2.45, 2.75) is 19.8 Å². The molecule has 0 saturated heterocycles. The fourth-order valence-corrected chi connectivity index (χ4v) is 2.91. The van der Waals surface area contributed by atoms with Gasteiger partial charge in [0.1, 0.15) is 5.75 Å². The van der Waals surface area contributed by atoms with Gasteiger partial charge in [-0.2, -0.15) is 5.10 Å². The number of unbranched alkanes of at least 4 members (excludes halogenated alkanes) is 1. The minimum absolute atomic E-state index is 0.233. The van der Waals surface area contributed by atoms with Crippen LogP contribution < -0.4 is 25.0 Å². The Hall–Kier alpha value is -3.07. The lowest BCUT2D eigenvalue weighted by molar-refractivity contribution is -0.120. The normalized spacial score (nSPS) is 10.6. The molecule has 8 nitrogen and oxygen atoms in total. The minimum Gasteiger partial charge on any atom is -0.493 e. The molecule has 0 radical (unpaired) electrons. The van der Waals surface area contributed by atoms with Crippen molar-refractivity contribution in [1.29, 1.82) is 0 Å². The highest BCUT2D eigenvalue weighted by Crippen LogP contribution is 2.27. The maximum atomic E-state index is 12.3. The quantitative estimate of drug-likeness (QED) is 0.284. The SMILES string of the molecule is CCCCOc1ccc(Br)cc1C=NNC(=O)CNC(=O)c1ccc(OC)c(OC)c1. The van der Waals surface area contributed by atoms with Gasteiger partial charge in [0.25, 0.3) is 11.8 Å². The van der Waals surface area contributed by atoms with E-state index in [0.717, 1.165) is 22.9 Å².